The lowest BCUT2D eigenvalue weighted by Gasteiger charge is -2.13. The van der Waals surface area contributed by atoms with Gasteiger partial charge in [0.05, 0.1) is 20.3 Å². The van der Waals surface area contributed by atoms with Crippen molar-refractivity contribution in [2.45, 2.75) is 107 Å². The van der Waals surface area contributed by atoms with Crippen LogP contribution in [-0.4, -0.2) is 13.7 Å². The van der Waals surface area contributed by atoms with Crippen molar-refractivity contribution < 1.29 is 21.5 Å². The third-order valence-corrected chi connectivity index (χ3v) is 6.88. The monoisotopic (exact) mass is 470 g/mol. The molecule has 0 radical (unpaired) electrons. The maximum Gasteiger partial charge on any atom is 0.311 e. The molecule has 0 aliphatic carbocycles. The Morgan fingerprint density at radius 1 is 0.643 bits per heavy atom. The normalized spacial score (nSPS) is 12.1. The molecule has 0 bridgehead atoms. The molecule has 0 aromatic carbocycles. The third-order valence-electron chi connectivity index (χ3n) is 5.62. The van der Waals surface area contributed by atoms with Crippen molar-refractivity contribution in [1.82, 2.24) is 13.7 Å². The van der Waals surface area contributed by atoms with Gasteiger partial charge >= 0.3 is 5.57 Å². The molecule has 28 heavy (non-hydrogen) atoms. The van der Waals surface area contributed by atoms with Crippen LogP contribution in [0.2, 0.25) is 0 Å². The van der Waals surface area contributed by atoms with Crippen molar-refractivity contribution in [3.8, 4) is 0 Å². The van der Waals surface area contributed by atoms with Gasteiger partial charge in [0.2, 0.25) is 0 Å². The zero-order valence-corrected chi connectivity index (χ0v) is 22.4. The highest BCUT2D eigenvalue weighted by Crippen LogP contribution is 2.25. The van der Waals surface area contributed by atoms with E-state index >= 15 is 0 Å². The van der Waals surface area contributed by atoms with Gasteiger partial charge in [-0.3, -0.25) is 0 Å². The molecule has 160 valence electrons. The fraction of sp³-hybridized carbons (Fsp3) is 0.727. The topological polar surface area (TPSA) is 18.7 Å². The van der Waals surface area contributed by atoms with Crippen LogP contribution in [0.5, 0.6) is 0 Å². The number of hydrogen-bond acceptors (Lipinski definition) is 0. The number of rotatable bonds is 5. The van der Waals surface area contributed by atoms with Crippen LogP contribution in [0.25, 0.3) is 0 Å². The summed E-state index contributed by atoms with van der Waals surface area (Å²) in [5.74, 6) is 0. The number of nitrogens with zero attached hydrogens (tertiary/aromatic N) is 4. The highest BCUT2D eigenvalue weighted by atomic mass is 79.9. The van der Waals surface area contributed by atoms with Crippen molar-refractivity contribution >= 4 is 13.8 Å². The standard InChI is InChI=1S/C22H40N4P.BrH/c1-13(2)23-17(9)18(10)24(14(3)4)21(23)27-22-25(15(5)6)19(11)20(12)26(22)16(7)8;/h13-16H,1-12H3;1H/q+1;/p-1. The fourth-order valence-corrected chi connectivity index (χ4v) is 6.44. The van der Waals surface area contributed by atoms with Crippen LogP contribution in [0.4, 0.5) is 0 Å². The van der Waals surface area contributed by atoms with Crippen molar-refractivity contribution in [1.29, 1.82) is 0 Å². The third kappa shape index (κ3) is 4.21. The smallest absolute Gasteiger partial charge is 0.311 e. The second kappa shape index (κ2) is 9.34. The second-order valence-electron chi connectivity index (χ2n) is 8.91. The summed E-state index contributed by atoms with van der Waals surface area (Å²) in [4.78, 5) is 0. The zero-order valence-electron chi connectivity index (χ0n) is 19.9. The minimum atomic E-state index is 0. The Morgan fingerprint density at radius 2 is 1.04 bits per heavy atom. The van der Waals surface area contributed by atoms with Crippen LogP contribution in [0.3, 0.4) is 0 Å². The van der Waals surface area contributed by atoms with Gasteiger partial charge < -0.3 is 26.1 Å². The summed E-state index contributed by atoms with van der Waals surface area (Å²) in [5.41, 5.74) is 6.92. The van der Waals surface area contributed by atoms with Gasteiger partial charge in [-0.25, -0.2) is 9.13 Å². The van der Waals surface area contributed by atoms with Crippen LogP contribution >= 0.6 is 8.20 Å². The van der Waals surface area contributed by atoms with Crippen LogP contribution in [0, 0.1) is 32.9 Å². The summed E-state index contributed by atoms with van der Waals surface area (Å²) < 4.78 is 10.1. The molecule has 0 fully saturated rings. The minimum absolute atomic E-state index is 0. The second-order valence-corrected chi connectivity index (χ2v) is 9.93. The van der Waals surface area contributed by atoms with Crippen molar-refractivity contribution in [3.63, 3.8) is 0 Å². The van der Waals surface area contributed by atoms with Gasteiger partial charge in [0, 0.05) is 37.3 Å². The molecule has 0 saturated heterocycles. The fourth-order valence-electron chi connectivity index (χ4n) is 4.31. The number of imidazole rings is 2. The molecule has 2 aromatic rings. The van der Waals surface area contributed by atoms with Crippen molar-refractivity contribution in [2.75, 3.05) is 0 Å². The highest BCUT2D eigenvalue weighted by Gasteiger charge is 2.29. The Hall–Kier alpha value is -0.800. The Labute approximate surface area is 184 Å². The summed E-state index contributed by atoms with van der Waals surface area (Å²) in [6.45, 7) is 27.4. The molecule has 0 N–H and O–H groups in total. The Balaban J connectivity index is 0.00000392. The van der Waals surface area contributed by atoms with E-state index in [1.807, 2.05) is 0 Å². The van der Waals surface area contributed by atoms with E-state index in [1.54, 1.807) is 0 Å². The molecule has 0 atom stereocenters. The van der Waals surface area contributed by atoms with Gasteiger partial charge in [-0.05, 0) is 69.2 Å². The van der Waals surface area contributed by atoms with Gasteiger partial charge in [0.1, 0.15) is 16.6 Å². The van der Waals surface area contributed by atoms with Crippen LogP contribution in [0.15, 0.2) is 0 Å². The first-order valence-corrected chi connectivity index (χ1v) is 11.3. The Kier molecular flexibility index (Phi) is 8.42. The molecule has 0 amide bonds. The molecule has 0 unspecified atom stereocenters. The van der Waals surface area contributed by atoms with E-state index in [-0.39, 0.29) is 17.0 Å². The molecular formula is C22H40BrN4P. The average molecular weight is 471 g/mol. The molecule has 0 spiro atoms. The van der Waals surface area contributed by atoms with Crippen molar-refractivity contribution in [3.05, 3.63) is 28.0 Å². The summed E-state index contributed by atoms with van der Waals surface area (Å²) in [6.07, 6.45) is 0. The lowest BCUT2D eigenvalue weighted by molar-refractivity contribution is -0.703. The van der Waals surface area contributed by atoms with Gasteiger partial charge in [0.25, 0.3) is 0 Å². The lowest BCUT2D eigenvalue weighted by atomic mass is 10.3. The first-order valence-electron chi connectivity index (χ1n) is 10.4. The van der Waals surface area contributed by atoms with Crippen LogP contribution < -0.4 is 27.1 Å². The molecule has 2 rings (SSSR count). The molecule has 0 aliphatic rings. The quantitative estimate of drug-likeness (QED) is 0.472. The van der Waals surface area contributed by atoms with Gasteiger partial charge in [-0.15, -0.1) is 0 Å². The van der Waals surface area contributed by atoms with E-state index in [0.717, 1.165) is 0 Å². The lowest BCUT2D eigenvalue weighted by Crippen LogP contribution is -3.00. The van der Waals surface area contributed by atoms with Gasteiger partial charge in [-0.1, -0.05) is 0 Å². The molecule has 2 aromatic heterocycles. The van der Waals surface area contributed by atoms with E-state index in [2.05, 4.69) is 101 Å². The molecule has 4 nitrogen and oxygen atoms in total. The summed E-state index contributed by atoms with van der Waals surface area (Å²) >= 11 is 0. The highest BCUT2D eigenvalue weighted by molar-refractivity contribution is 7.37. The molecule has 6 heteroatoms. The number of aromatic nitrogens is 4. The average Bonchev–Trinajstić information content (AvgIpc) is 2.91. The van der Waals surface area contributed by atoms with E-state index < -0.39 is 0 Å². The predicted molar refractivity (Wildman–Crippen MR) is 117 cm³/mol. The van der Waals surface area contributed by atoms with E-state index in [4.69, 9.17) is 0 Å². The van der Waals surface area contributed by atoms with Crippen LogP contribution in [0.1, 0.15) is 102 Å². The Morgan fingerprint density at radius 3 is 1.36 bits per heavy atom. The largest absolute Gasteiger partial charge is 1.00 e. The summed E-state index contributed by atoms with van der Waals surface area (Å²) in [5, 5.41) is 1.39. The van der Waals surface area contributed by atoms with Crippen molar-refractivity contribution in [2.24, 2.45) is 0 Å². The molecular weight excluding hydrogens is 431 g/mol. The van der Waals surface area contributed by atoms with Gasteiger partial charge in [0.15, 0.2) is 0 Å². The first-order chi connectivity index (χ1) is 12.4. The molecule has 0 aliphatic heterocycles. The van der Waals surface area contributed by atoms with E-state index in [9.17, 15) is 0 Å². The molecule has 0 saturated carbocycles. The maximum atomic E-state index is 2.53. The van der Waals surface area contributed by atoms with E-state index in [0.29, 0.717) is 24.2 Å². The maximum absolute atomic E-state index is 2.53. The summed E-state index contributed by atoms with van der Waals surface area (Å²) in [6, 6.07) is 1.79. The minimum Gasteiger partial charge on any atom is -1.00 e. The SMILES string of the molecule is Cc1c(C)[n+](C(C)C)c(P=c2n(C(C)C)c(C)c(C)n2C(C)C)n1C(C)C.[Br-]. The van der Waals surface area contributed by atoms with Crippen LogP contribution in [-0.2, 0) is 0 Å². The first kappa shape index (κ1) is 25.2. The van der Waals surface area contributed by atoms with E-state index in [1.165, 1.54) is 41.7 Å². The molecule has 2 heterocycles. The summed E-state index contributed by atoms with van der Waals surface area (Å²) in [7, 11) is 1.28. The number of hydrogen-bond donors (Lipinski definition) is 0. The van der Waals surface area contributed by atoms with Gasteiger partial charge in [-0.2, -0.15) is 0 Å². The predicted octanol–water partition coefficient (Wildman–Crippen LogP) is 2.74. The number of halogens is 1. The zero-order chi connectivity index (χ0) is 20.8. The Bertz CT molecular complexity index is 829.